The number of pyridine rings is 1. The Hall–Kier alpha value is -3.19. The minimum Gasteiger partial charge on any atom is -0.368 e. The lowest BCUT2D eigenvalue weighted by molar-refractivity contribution is 0.0748. The highest BCUT2D eigenvalue weighted by molar-refractivity contribution is 7.17. The van der Waals surface area contributed by atoms with E-state index >= 15 is 0 Å². The first-order chi connectivity index (χ1) is 14.5. The normalized spacial score (nSPS) is 14.6. The molecule has 1 aliphatic heterocycles. The topological polar surface area (TPSA) is 57.9 Å². The van der Waals surface area contributed by atoms with Crippen LogP contribution < -0.4 is 10.5 Å². The van der Waals surface area contributed by atoms with Gasteiger partial charge in [0, 0.05) is 38.1 Å². The molecule has 7 heteroatoms. The SMILES string of the molecule is Cc1ccc(C)c(N2CCN(C(=O)c3cccn4c(=O)c5sccc5nc34)CC2)c1. The van der Waals surface area contributed by atoms with Gasteiger partial charge in [-0.3, -0.25) is 14.0 Å². The van der Waals surface area contributed by atoms with Crippen LogP contribution in [0.3, 0.4) is 0 Å². The Balaban J connectivity index is 1.43. The molecule has 0 bridgehead atoms. The molecule has 1 aromatic carbocycles. The van der Waals surface area contributed by atoms with E-state index in [1.54, 1.807) is 18.3 Å². The quantitative estimate of drug-likeness (QED) is 0.500. The van der Waals surface area contributed by atoms with Gasteiger partial charge in [-0.15, -0.1) is 11.3 Å². The maximum atomic E-state index is 13.3. The van der Waals surface area contributed by atoms with E-state index in [9.17, 15) is 9.59 Å². The number of aryl methyl sites for hydroxylation is 2. The van der Waals surface area contributed by atoms with Gasteiger partial charge >= 0.3 is 0 Å². The van der Waals surface area contributed by atoms with Crippen LogP contribution in [0.5, 0.6) is 0 Å². The fourth-order valence-electron chi connectivity index (χ4n) is 4.10. The number of fused-ring (bicyclic) bond motifs is 2. The van der Waals surface area contributed by atoms with Crippen LogP contribution in [0.25, 0.3) is 15.9 Å². The van der Waals surface area contributed by atoms with E-state index in [-0.39, 0.29) is 11.5 Å². The van der Waals surface area contributed by atoms with Gasteiger partial charge in [0.15, 0.2) is 5.65 Å². The van der Waals surface area contributed by atoms with Crippen molar-refractivity contribution in [3.63, 3.8) is 0 Å². The third-order valence-electron chi connectivity index (χ3n) is 5.75. The molecule has 0 N–H and O–H groups in total. The molecule has 0 radical (unpaired) electrons. The number of hydrogen-bond donors (Lipinski definition) is 0. The molecule has 6 nitrogen and oxygen atoms in total. The number of thiophene rings is 1. The van der Waals surface area contributed by atoms with Crippen molar-refractivity contribution in [3.8, 4) is 0 Å². The molecule has 0 aliphatic carbocycles. The van der Waals surface area contributed by atoms with Crippen LogP contribution in [0.1, 0.15) is 21.5 Å². The van der Waals surface area contributed by atoms with Crippen LogP contribution in [-0.2, 0) is 0 Å². The highest BCUT2D eigenvalue weighted by Gasteiger charge is 2.25. The standard InChI is InChI=1S/C23H22N4O2S/c1-15-5-6-16(2)19(14-15)25-9-11-26(12-10-25)22(28)17-4-3-8-27-21(17)24-18-7-13-30-20(18)23(27)29/h3-8,13-14H,9-12H2,1-2H3. The van der Waals surface area contributed by atoms with Crippen molar-refractivity contribution >= 4 is 38.8 Å². The van der Waals surface area contributed by atoms with Gasteiger partial charge in [-0.05, 0) is 54.6 Å². The minimum atomic E-state index is -0.126. The molecule has 4 aromatic rings. The number of piperazine rings is 1. The molecule has 30 heavy (non-hydrogen) atoms. The van der Waals surface area contributed by atoms with Gasteiger partial charge in [0.2, 0.25) is 0 Å². The number of hydrogen-bond acceptors (Lipinski definition) is 5. The van der Waals surface area contributed by atoms with Crippen LogP contribution in [0.15, 0.2) is 52.8 Å². The van der Waals surface area contributed by atoms with Crippen molar-refractivity contribution in [2.75, 3.05) is 31.1 Å². The second-order valence-corrected chi connectivity index (χ2v) is 8.65. The summed E-state index contributed by atoms with van der Waals surface area (Å²) in [4.78, 5) is 34.9. The average Bonchev–Trinajstić information content (AvgIpc) is 3.24. The van der Waals surface area contributed by atoms with Gasteiger partial charge in [0.1, 0.15) is 4.70 Å². The summed E-state index contributed by atoms with van der Waals surface area (Å²) in [5.74, 6) is -0.0739. The molecule has 0 atom stereocenters. The van der Waals surface area contributed by atoms with E-state index < -0.39 is 0 Å². The molecule has 1 amide bonds. The summed E-state index contributed by atoms with van der Waals surface area (Å²) in [6.07, 6.45) is 1.68. The summed E-state index contributed by atoms with van der Waals surface area (Å²) in [5, 5.41) is 1.85. The van der Waals surface area contributed by atoms with Crippen molar-refractivity contribution in [1.29, 1.82) is 0 Å². The average molecular weight is 419 g/mol. The summed E-state index contributed by atoms with van der Waals surface area (Å²) < 4.78 is 2.09. The van der Waals surface area contributed by atoms with Gasteiger partial charge in [-0.1, -0.05) is 12.1 Å². The number of benzene rings is 1. The second-order valence-electron chi connectivity index (χ2n) is 7.74. The number of aromatic nitrogens is 2. The smallest absolute Gasteiger partial charge is 0.275 e. The first-order valence-corrected chi connectivity index (χ1v) is 10.9. The Bertz CT molecular complexity index is 1330. The largest absolute Gasteiger partial charge is 0.368 e. The fourth-order valence-corrected chi connectivity index (χ4v) is 4.87. The summed E-state index contributed by atoms with van der Waals surface area (Å²) in [5.41, 5.74) is 5.14. The Morgan fingerprint density at radius 1 is 1.07 bits per heavy atom. The molecule has 1 saturated heterocycles. The maximum Gasteiger partial charge on any atom is 0.275 e. The first kappa shape index (κ1) is 18.8. The van der Waals surface area contributed by atoms with Crippen LogP contribution >= 0.6 is 11.3 Å². The summed E-state index contributed by atoms with van der Waals surface area (Å²) >= 11 is 1.37. The van der Waals surface area contributed by atoms with E-state index in [2.05, 4.69) is 41.9 Å². The lowest BCUT2D eigenvalue weighted by Crippen LogP contribution is -2.49. The number of amides is 1. The van der Waals surface area contributed by atoms with Crippen molar-refractivity contribution in [2.24, 2.45) is 0 Å². The molecule has 1 fully saturated rings. The van der Waals surface area contributed by atoms with Gasteiger partial charge in [-0.2, -0.15) is 0 Å². The maximum absolute atomic E-state index is 13.3. The molecule has 3 aromatic heterocycles. The number of rotatable bonds is 2. The molecule has 1 aliphatic rings. The fraction of sp³-hybridized carbons (Fsp3) is 0.261. The van der Waals surface area contributed by atoms with Crippen molar-refractivity contribution in [1.82, 2.24) is 14.3 Å². The summed E-state index contributed by atoms with van der Waals surface area (Å²) in [6, 6.07) is 11.8. The predicted octanol–water partition coefficient (Wildman–Crippen LogP) is 3.49. The molecule has 152 valence electrons. The van der Waals surface area contributed by atoms with E-state index in [4.69, 9.17) is 0 Å². The van der Waals surface area contributed by atoms with E-state index in [1.807, 2.05) is 16.3 Å². The minimum absolute atomic E-state index is 0.0739. The molecule has 5 rings (SSSR count). The zero-order valence-electron chi connectivity index (χ0n) is 17.0. The van der Waals surface area contributed by atoms with Crippen LogP contribution in [0.4, 0.5) is 5.69 Å². The van der Waals surface area contributed by atoms with Gasteiger partial charge in [-0.25, -0.2) is 4.98 Å². The van der Waals surface area contributed by atoms with Gasteiger partial charge in [0.25, 0.3) is 11.5 Å². The van der Waals surface area contributed by atoms with Crippen LogP contribution in [-0.4, -0.2) is 46.4 Å². The third-order valence-corrected chi connectivity index (χ3v) is 6.65. The number of carbonyl (C=O) groups excluding carboxylic acids is 1. The zero-order valence-corrected chi connectivity index (χ0v) is 17.8. The van der Waals surface area contributed by atoms with Crippen LogP contribution in [0, 0.1) is 13.8 Å². The highest BCUT2D eigenvalue weighted by atomic mass is 32.1. The lowest BCUT2D eigenvalue weighted by atomic mass is 10.1. The predicted molar refractivity (Wildman–Crippen MR) is 121 cm³/mol. The number of nitrogens with zero attached hydrogens (tertiary/aromatic N) is 4. The van der Waals surface area contributed by atoms with E-state index in [0.717, 1.165) is 13.1 Å². The Morgan fingerprint density at radius 3 is 2.67 bits per heavy atom. The molecular formula is C23H22N4O2S. The number of carbonyl (C=O) groups is 1. The zero-order chi connectivity index (χ0) is 20.8. The Kier molecular flexibility index (Phi) is 4.55. The second kappa shape index (κ2) is 7.25. The first-order valence-electron chi connectivity index (χ1n) is 10.0. The molecule has 4 heterocycles. The Labute approximate surface area is 178 Å². The van der Waals surface area contributed by atoms with E-state index in [0.29, 0.717) is 34.5 Å². The van der Waals surface area contributed by atoms with Crippen molar-refractivity contribution < 1.29 is 4.79 Å². The van der Waals surface area contributed by atoms with Gasteiger partial charge < -0.3 is 9.80 Å². The van der Waals surface area contributed by atoms with E-state index in [1.165, 1.54) is 32.6 Å². The highest BCUT2D eigenvalue weighted by Crippen LogP contribution is 2.24. The van der Waals surface area contributed by atoms with Crippen molar-refractivity contribution in [2.45, 2.75) is 13.8 Å². The molecule has 0 saturated carbocycles. The van der Waals surface area contributed by atoms with Gasteiger partial charge in [0.05, 0.1) is 11.1 Å². The number of anilines is 1. The third kappa shape index (κ3) is 3.06. The summed E-state index contributed by atoms with van der Waals surface area (Å²) in [6.45, 7) is 7.06. The van der Waals surface area contributed by atoms with Crippen LogP contribution in [0.2, 0.25) is 0 Å². The molecule has 0 spiro atoms. The molecule has 0 unspecified atom stereocenters. The summed E-state index contributed by atoms with van der Waals surface area (Å²) in [7, 11) is 0. The Morgan fingerprint density at radius 2 is 1.87 bits per heavy atom. The van der Waals surface area contributed by atoms with Crippen molar-refractivity contribution in [3.05, 3.63) is 75.0 Å². The monoisotopic (exact) mass is 418 g/mol. The lowest BCUT2D eigenvalue weighted by Gasteiger charge is -2.37. The molecular weight excluding hydrogens is 396 g/mol.